The predicted octanol–water partition coefficient (Wildman–Crippen LogP) is 8.02. The van der Waals surface area contributed by atoms with Gasteiger partial charge < -0.3 is 10.4 Å². The molecule has 0 bridgehead atoms. The van der Waals surface area contributed by atoms with Crippen molar-refractivity contribution >= 4 is 86.3 Å². The van der Waals surface area contributed by atoms with Crippen molar-refractivity contribution in [2.45, 2.75) is 0 Å². The first kappa shape index (κ1) is 30.1. The van der Waals surface area contributed by atoms with Gasteiger partial charge in [-0.25, -0.2) is 14.8 Å². The van der Waals surface area contributed by atoms with Crippen molar-refractivity contribution in [3.05, 3.63) is 130 Å². The molecule has 2 amide bonds. The lowest BCUT2D eigenvalue weighted by Gasteiger charge is -2.17. The number of fused-ring (bicyclic) bond motifs is 1. The molecule has 0 aliphatic carbocycles. The number of anilines is 2. The van der Waals surface area contributed by atoms with E-state index in [4.69, 9.17) is 23.2 Å². The van der Waals surface area contributed by atoms with Crippen LogP contribution in [0.15, 0.2) is 114 Å². The molecule has 2 heterocycles. The normalized spacial score (nSPS) is 13.7. The van der Waals surface area contributed by atoms with Gasteiger partial charge in [-0.3, -0.25) is 14.5 Å². The number of amidine groups is 1. The highest BCUT2D eigenvalue weighted by Crippen LogP contribution is 2.33. The SMILES string of the molecule is O=C(CSC1=N/C(=C\c2c(Cl)cccc2Cl)C(=O)N1c1ccccc1)Nc1ccc(-c2cc(C(=O)O)c3ccccc3n2)cc1. The number of benzene rings is 4. The van der Waals surface area contributed by atoms with Crippen molar-refractivity contribution in [2.75, 3.05) is 16.0 Å². The Hall–Kier alpha value is -4.96. The fraction of sp³-hybridized carbons (Fsp3) is 0.0294. The first-order chi connectivity index (χ1) is 21.8. The van der Waals surface area contributed by atoms with Gasteiger partial charge in [-0.15, -0.1) is 0 Å². The number of hydrogen-bond donors (Lipinski definition) is 2. The molecule has 1 aliphatic heterocycles. The number of halogens is 2. The average molecular weight is 654 g/mol. The van der Waals surface area contributed by atoms with Crippen LogP contribution in [0.1, 0.15) is 15.9 Å². The van der Waals surface area contributed by atoms with Crippen molar-refractivity contribution in [3.8, 4) is 11.3 Å². The van der Waals surface area contributed by atoms with Crippen LogP contribution in [0, 0.1) is 0 Å². The van der Waals surface area contributed by atoms with Gasteiger partial charge in [0.05, 0.1) is 28.2 Å². The van der Waals surface area contributed by atoms with E-state index in [-0.39, 0.29) is 28.8 Å². The number of thioether (sulfide) groups is 1. The number of aromatic nitrogens is 1. The monoisotopic (exact) mass is 652 g/mol. The smallest absolute Gasteiger partial charge is 0.336 e. The molecule has 222 valence electrons. The lowest BCUT2D eigenvalue weighted by atomic mass is 10.0. The van der Waals surface area contributed by atoms with Gasteiger partial charge in [0.15, 0.2) is 5.17 Å². The highest BCUT2D eigenvalue weighted by Gasteiger charge is 2.32. The predicted molar refractivity (Wildman–Crippen MR) is 181 cm³/mol. The number of para-hydroxylation sites is 2. The summed E-state index contributed by atoms with van der Waals surface area (Å²) in [6.07, 6.45) is 1.54. The average Bonchev–Trinajstić information content (AvgIpc) is 3.36. The van der Waals surface area contributed by atoms with E-state index in [1.165, 1.54) is 4.90 Å². The number of carbonyl (C=O) groups excluding carboxylic acids is 2. The Bertz CT molecular complexity index is 2010. The molecule has 8 nitrogen and oxygen atoms in total. The van der Waals surface area contributed by atoms with Crippen molar-refractivity contribution in [1.82, 2.24) is 4.98 Å². The molecular weight excluding hydrogens is 631 g/mol. The van der Waals surface area contributed by atoms with Gasteiger partial charge in [0.1, 0.15) is 5.70 Å². The summed E-state index contributed by atoms with van der Waals surface area (Å²) in [5, 5.41) is 14.2. The van der Waals surface area contributed by atoms with E-state index in [9.17, 15) is 19.5 Å². The number of hydrogen-bond acceptors (Lipinski definition) is 6. The zero-order valence-corrected chi connectivity index (χ0v) is 25.6. The number of amides is 2. The highest BCUT2D eigenvalue weighted by atomic mass is 35.5. The molecule has 1 aromatic heterocycles. The molecule has 0 spiro atoms. The van der Waals surface area contributed by atoms with Gasteiger partial charge in [-0.2, -0.15) is 0 Å². The second-order valence-electron chi connectivity index (χ2n) is 9.83. The number of aliphatic imine (C=N–C) groups is 1. The molecule has 4 aromatic carbocycles. The van der Waals surface area contributed by atoms with E-state index in [0.29, 0.717) is 54.3 Å². The summed E-state index contributed by atoms with van der Waals surface area (Å²) in [5.41, 5.74) is 3.71. The number of carboxylic acid groups (broad SMARTS) is 1. The van der Waals surface area contributed by atoms with E-state index in [2.05, 4.69) is 15.3 Å². The maximum absolute atomic E-state index is 13.5. The van der Waals surface area contributed by atoms with Crippen LogP contribution < -0.4 is 10.2 Å². The molecule has 2 N–H and O–H groups in total. The van der Waals surface area contributed by atoms with E-state index >= 15 is 0 Å². The molecule has 45 heavy (non-hydrogen) atoms. The van der Waals surface area contributed by atoms with Crippen molar-refractivity contribution < 1.29 is 19.5 Å². The third-order valence-corrected chi connectivity index (χ3v) is 8.47. The molecule has 0 saturated carbocycles. The van der Waals surface area contributed by atoms with Crippen LogP contribution >= 0.6 is 35.0 Å². The third-order valence-electron chi connectivity index (χ3n) is 6.87. The maximum Gasteiger partial charge on any atom is 0.336 e. The second-order valence-corrected chi connectivity index (χ2v) is 11.6. The number of nitrogens with zero attached hydrogens (tertiary/aromatic N) is 3. The molecule has 11 heteroatoms. The van der Waals surface area contributed by atoms with Gasteiger partial charge in [0, 0.05) is 32.2 Å². The van der Waals surface area contributed by atoms with Crippen LogP contribution in [0.2, 0.25) is 10.0 Å². The van der Waals surface area contributed by atoms with Crippen LogP contribution in [0.5, 0.6) is 0 Å². The summed E-state index contributed by atoms with van der Waals surface area (Å²) in [5.74, 6) is -1.74. The van der Waals surface area contributed by atoms with Crippen LogP contribution in [-0.4, -0.2) is 38.8 Å². The number of nitrogens with one attached hydrogen (secondary N) is 1. The summed E-state index contributed by atoms with van der Waals surface area (Å²) < 4.78 is 0. The molecule has 1 aliphatic rings. The number of carbonyl (C=O) groups is 3. The van der Waals surface area contributed by atoms with Crippen LogP contribution in [0.25, 0.3) is 28.2 Å². The topological polar surface area (TPSA) is 112 Å². The van der Waals surface area contributed by atoms with Crippen LogP contribution in [0.4, 0.5) is 11.4 Å². The Balaban J connectivity index is 1.19. The number of aromatic carboxylic acids is 1. The Morgan fingerprint density at radius 3 is 2.29 bits per heavy atom. The van der Waals surface area contributed by atoms with Crippen molar-refractivity contribution in [2.24, 2.45) is 4.99 Å². The first-order valence-electron chi connectivity index (χ1n) is 13.6. The summed E-state index contributed by atoms with van der Waals surface area (Å²) in [4.78, 5) is 48.9. The summed E-state index contributed by atoms with van der Waals surface area (Å²) in [6.45, 7) is 0. The number of rotatable bonds is 7. The summed E-state index contributed by atoms with van der Waals surface area (Å²) >= 11 is 13.8. The molecular formula is C34H22Cl2N4O4S. The fourth-order valence-electron chi connectivity index (χ4n) is 4.73. The van der Waals surface area contributed by atoms with E-state index in [0.717, 1.165) is 11.8 Å². The largest absolute Gasteiger partial charge is 0.478 e. The van der Waals surface area contributed by atoms with Crippen LogP contribution in [-0.2, 0) is 9.59 Å². The van der Waals surface area contributed by atoms with E-state index < -0.39 is 5.97 Å². The number of carboxylic acids is 1. The lowest BCUT2D eigenvalue weighted by molar-refractivity contribution is -0.114. The molecule has 5 aromatic rings. The zero-order valence-electron chi connectivity index (χ0n) is 23.3. The zero-order chi connectivity index (χ0) is 31.5. The fourth-order valence-corrected chi connectivity index (χ4v) is 6.05. The Morgan fingerprint density at radius 2 is 1.58 bits per heavy atom. The lowest BCUT2D eigenvalue weighted by Crippen LogP contribution is -2.31. The number of pyridine rings is 1. The summed E-state index contributed by atoms with van der Waals surface area (Å²) in [6, 6.07) is 29.7. The Kier molecular flexibility index (Phi) is 8.66. The first-order valence-corrected chi connectivity index (χ1v) is 15.3. The molecule has 6 rings (SSSR count). The molecule has 0 fully saturated rings. The minimum atomic E-state index is -1.04. The van der Waals surface area contributed by atoms with Gasteiger partial charge >= 0.3 is 5.97 Å². The molecule has 0 radical (unpaired) electrons. The Labute approximate surface area is 272 Å². The maximum atomic E-state index is 13.5. The minimum absolute atomic E-state index is 0.0223. The standard InChI is InChI=1S/C34H22Cl2N4O4S/c35-26-10-6-11-27(36)25(26)18-30-32(42)40(22-7-2-1-3-8-22)34(39-30)45-19-31(41)37-21-15-13-20(14-16-21)29-17-24(33(43)44)23-9-4-5-12-28(23)38-29/h1-18H,19H2,(H,37,41)(H,43,44)/b30-18-. The van der Waals surface area contributed by atoms with Gasteiger partial charge in [0.25, 0.3) is 5.91 Å². The quantitative estimate of drug-likeness (QED) is 0.172. The summed E-state index contributed by atoms with van der Waals surface area (Å²) in [7, 11) is 0. The third kappa shape index (κ3) is 6.46. The van der Waals surface area contributed by atoms with Gasteiger partial charge in [-0.1, -0.05) is 89.6 Å². The molecule has 0 atom stereocenters. The minimum Gasteiger partial charge on any atom is -0.478 e. The van der Waals surface area contributed by atoms with Crippen molar-refractivity contribution in [1.29, 1.82) is 0 Å². The van der Waals surface area contributed by atoms with E-state index in [1.54, 1.807) is 91.0 Å². The van der Waals surface area contributed by atoms with Crippen molar-refractivity contribution in [3.63, 3.8) is 0 Å². The Morgan fingerprint density at radius 1 is 0.889 bits per heavy atom. The molecule has 0 unspecified atom stereocenters. The molecule has 0 saturated heterocycles. The van der Waals surface area contributed by atoms with Gasteiger partial charge in [0.2, 0.25) is 5.91 Å². The van der Waals surface area contributed by atoms with Gasteiger partial charge in [-0.05, 0) is 54.6 Å². The second kappa shape index (κ2) is 13.0. The van der Waals surface area contributed by atoms with Crippen LogP contribution in [0.3, 0.4) is 0 Å². The highest BCUT2D eigenvalue weighted by molar-refractivity contribution is 8.14. The van der Waals surface area contributed by atoms with E-state index in [1.807, 2.05) is 18.2 Å².